The molecule has 0 aromatic heterocycles. The molecule has 2 aromatic rings. The van der Waals surface area contributed by atoms with Crippen molar-refractivity contribution < 1.29 is 14.3 Å². The second kappa shape index (κ2) is 8.58. The molecule has 0 heterocycles. The molecule has 0 aliphatic heterocycles. The molecule has 4 nitrogen and oxygen atoms in total. The predicted octanol–water partition coefficient (Wildman–Crippen LogP) is 4.43. The molecule has 1 N–H and O–H groups in total. The molecule has 5 heteroatoms. The van der Waals surface area contributed by atoms with Crippen LogP contribution in [0.4, 0.5) is 5.69 Å². The Balaban J connectivity index is 2.13. The van der Waals surface area contributed by atoms with Crippen LogP contribution in [0.1, 0.15) is 19.4 Å². The van der Waals surface area contributed by atoms with Gasteiger partial charge in [-0.05, 0) is 43.7 Å². The Morgan fingerprint density at radius 2 is 1.87 bits per heavy atom. The molecule has 0 spiro atoms. The summed E-state index contributed by atoms with van der Waals surface area (Å²) in [4.78, 5) is 12.3. The summed E-state index contributed by atoms with van der Waals surface area (Å²) in [5.41, 5.74) is 1.56. The van der Waals surface area contributed by atoms with Gasteiger partial charge in [0.05, 0.1) is 25.3 Å². The van der Waals surface area contributed by atoms with Gasteiger partial charge in [-0.3, -0.25) is 4.79 Å². The van der Waals surface area contributed by atoms with Crippen molar-refractivity contribution in [3.63, 3.8) is 0 Å². The fourth-order valence-corrected chi connectivity index (χ4v) is 2.62. The maximum atomic E-state index is 12.3. The fourth-order valence-electron chi connectivity index (χ4n) is 2.17. The lowest BCUT2D eigenvalue weighted by molar-refractivity contribution is -0.115. The lowest BCUT2D eigenvalue weighted by atomic mass is 10.1. The van der Waals surface area contributed by atoms with E-state index in [2.05, 4.69) is 21.2 Å². The minimum absolute atomic E-state index is 0.0994. The standard InChI is InChI=1S/C18H20BrNO3/c1-3-22-15-8-9-17(23-4-2)16(12-15)20-18(21)11-13-6-5-7-14(19)10-13/h5-10,12H,3-4,11H2,1-2H3,(H,20,21). The molecular weight excluding hydrogens is 358 g/mol. The van der Waals surface area contributed by atoms with Crippen molar-refractivity contribution in [1.82, 2.24) is 0 Å². The van der Waals surface area contributed by atoms with Crippen LogP contribution in [0.5, 0.6) is 11.5 Å². The quantitative estimate of drug-likeness (QED) is 0.776. The van der Waals surface area contributed by atoms with Crippen molar-refractivity contribution in [3.8, 4) is 11.5 Å². The summed E-state index contributed by atoms with van der Waals surface area (Å²) in [5.74, 6) is 1.24. The van der Waals surface area contributed by atoms with Crippen molar-refractivity contribution in [2.24, 2.45) is 0 Å². The highest BCUT2D eigenvalue weighted by Gasteiger charge is 2.10. The van der Waals surface area contributed by atoms with Crippen LogP contribution in [0.25, 0.3) is 0 Å². The maximum Gasteiger partial charge on any atom is 0.228 e. The molecule has 1 amide bonds. The van der Waals surface area contributed by atoms with Gasteiger partial charge in [-0.25, -0.2) is 0 Å². The van der Waals surface area contributed by atoms with Gasteiger partial charge in [-0.1, -0.05) is 28.1 Å². The Bertz CT molecular complexity index is 673. The topological polar surface area (TPSA) is 47.6 Å². The molecule has 0 aliphatic rings. The van der Waals surface area contributed by atoms with Gasteiger partial charge >= 0.3 is 0 Å². The molecule has 0 aliphatic carbocycles. The number of ether oxygens (including phenoxy) is 2. The van der Waals surface area contributed by atoms with Gasteiger partial charge in [0.25, 0.3) is 0 Å². The van der Waals surface area contributed by atoms with Crippen molar-refractivity contribution in [2.75, 3.05) is 18.5 Å². The van der Waals surface area contributed by atoms with Crippen LogP contribution < -0.4 is 14.8 Å². The van der Waals surface area contributed by atoms with E-state index in [4.69, 9.17) is 9.47 Å². The molecule has 0 saturated heterocycles. The smallest absolute Gasteiger partial charge is 0.228 e. The summed E-state index contributed by atoms with van der Waals surface area (Å²) in [6, 6.07) is 13.1. The third-order valence-electron chi connectivity index (χ3n) is 3.09. The van der Waals surface area contributed by atoms with Crippen molar-refractivity contribution >= 4 is 27.5 Å². The molecular formula is C18H20BrNO3. The normalized spacial score (nSPS) is 10.2. The minimum Gasteiger partial charge on any atom is -0.494 e. The first-order valence-corrected chi connectivity index (χ1v) is 8.35. The average Bonchev–Trinajstić information content (AvgIpc) is 2.50. The van der Waals surface area contributed by atoms with Crippen LogP contribution >= 0.6 is 15.9 Å². The van der Waals surface area contributed by atoms with E-state index in [9.17, 15) is 4.79 Å². The fraction of sp³-hybridized carbons (Fsp3) is 0.278. The van der Waals surface area contributed by atoms with E-state index in [1.54, 1.807) is 6.07 Å². The third-order valence-corrected chi connectivity index (χ3v) is 3.58. The molecule has 23 heavy (non-hydrogen) atoms. The number of halogens is 1. The third kappa shape index (κ3) is 5.28. The summed E-state index contributed by atoms with van der Waals surface area (Å²) in [5, 5.41) is 2.90. The summed E-state index contributed by atoms with van der Waals surface area (Å²) < 4.78 is 12.0. The van der Waals surface area contributed by atoms with E-state index in [1.165, 1.54) is 0 Å². The lowest BCUT2D eigenvalue weighted by Crippen LogP contribution is -2.15. The van der Waals surface area contributed by atoms with E-state index in [-0.39, 0.29) is 5.91 Å². The number of nitrogens with one attached hydrogen (secondary N) is 1. The van der Waals surface area contributed by atoms with Crippen molar-refractivity contribution in [3.05, 3.63) is 52.5 Å². The Labute approximate surface area is 144 Å². The number of carbonyl (C=O) groups excluding carboxylic acids is 1. The SMILES string of the molecule is CCOc1ccc(OCC)c(NC(=O)Cc2cccc(Br)c2)c1. The zero-order valence-electron chi connectivity index (χ0n) is 13.3. The molecule has 0 unspecified atom stereocenters. The van der Waals surface area contributed by atoms with Crippen LogP contribution in [0.3, 0.4) is 0 Å². The van der Waals surface area contributed by atoms with E-state index in [0.29, 0.717) is 36.8 Å². The van der Waals surface area contributed by atoms with Crippen LogP contribution in [-0.2, 0) is 11.2 Å². The van der Waals surface area contributed by atoms with E-state index in [0.717, 1.165) is 10.0 Å². The summed E-state index contributed by atoms with van der Waals surface area (Å²) >= 11 is 3.41. The molecule has 0 saturated carbocycles. The molecule has 0 atom stereocenters. The zero-order chi connectivity index (χ0) is 16.7. The monoisotopic (exact) mass is 377 g/mol. The van der Waals surface area contributed by atoms with Gasteiger partial charge in [0.2, 0.25) is 5.91 Å². The van der Waals surface area contributed by atoms with Gasteiger partial charge in [0.1, 0.15) is 11.5 Å². The van der Waals surface area contributed by atoms with Gasteiger partial charge in [-0.15, -0.1) is 0 Å². The van der Waals surface area contributed by atoms with Crippen molar-refractivity contribution in [2.45, 2.75) is 20.3 Å². The highest BCUT2D eigenvalue weighted by molar-refractivity contribution is 9.10. The minimum atomic E-state index is -0.0994. The van der Waals surface area contributed by atoms with E-state index < -0.39 is 0 Å². The molecule has 0 bridgehead atoms. The van der Waals surface area contributed by atoms with E-state index in [1.807, 2.05) is 50.2 Å². The van der Waals surface area contributed by atoms with Crippen LogP contribution in [0, 0.1) is 0 Å². The number of hydrogen-bond acceptors (Lipinski definition) is 3. The number of rotatable bonds is 7. The van der Waals surface area contributed by atoms with Gasteiger partial charge in [-0.2, -0.15) is 0 Å². The lowest BCUT2D eigenvalue weighted by Gasteiger charge is -2.13. The first-order valence-electron chi connectivity index (χ1n) is 7.56. The Hall–Kier alpha value is -2.01. The number of anilines is 1. The molecule has 2 aromatic carbocycles. The molecule has 0 radical (unpaired) electrons. The van der Waals surface area contributed by atoms with Crippen molar-refractivity contribution in [1.29, 1.82) is 0 Å². The van der Waals surface area contributed by atoms with Gasteiger partial charge in [0.15, 0.2) is 0 Å². The highest BCUT2D eigenvalue weighted by Crippen LogP contribution is 2.29. The molecule has 2 rings (SSSR count). The van der Waals surface area contributed by atoms with Gasteiger partial charge < -0.3 is 14.8 Å². The average molecular weight is 378 g/mol. The number of hydrogen-bond donors (Lipinski definition) is 1. The number of amides is 1. The second-order valence-electron chi connectivity index (χ2n) is 4.88. The Morgan fingerprint density at radius 1 is 1.09 bits per heavy atom. The predicted molar refractivity (Wildman–Crippen MR) is 95.3 cm³/mol. The van der Waals surface area contributed by atoms with Gasteiger partial charge in [0, 0.05) is 10.5 Å². The number of benzene rings is 2. The summed E-state index contributed by atoms with van der Waals surface area (Å²) in [7, 11) is 0. The van der Waals surface area contributed by atoms with Crippen LogP contribution in [0.15, 0.2) is 46.9 Å². The van der Waals surface area contributed by atoms with Crippen LogP contribution in [0.2, 0.25) is 0 Å². The molecule has 0 fully saturated rings. The first kappa shape index (κ1) is 17.3. The first-order chi connectivity index (χ1) is 11.1. The number of carbonyl (C=O) groups is 1. The Morgan fingerprint density at radius 3 is 2.57 bits per heavy atom. The largest absolute Gasteiger partial charge is 0.494 e. The maximum absolute atomic E-state index is 12.3. The molecule has 122 valence electrons. The zero-order valence-corrected chi connectivity index (χ0v) is 14.9. The summed E-state index contributed by atoms with van der Waals surface area (Å²) in [6.45, 7) is 4.92. The van der Waals surface area contributed by atoms with E-state index >= 15 is 0 Å². The van der Waals surface area contributed by atoms with Crippen LogP contribution in [-0.4, -0.2) is 19.1 Å². The highest BCUT2D eigenvalue weighted by atomic mass is 79.9. The second-order valence-corrected chi connectivity index (χ2v) is 5.79. The summed E-state index contributed by atoms with van der Waals surface area (Å²) in [6.07, 6.45) is 0.296. The Kier molecular flexibility index (Phi) is 6.47.